The topological polar surface area (TPSA) is 72.9 Å². The second kappa shape index (κ2) is 8.29. The lowest BCUT2D eigenvalue weighted by Crippen LogP contribution is -2.33. The molecule has 0 atom stereocenters. The minimum Gasteiger partial charge on any atom is -0.496 e. The van der Waals surface area contributed by atoms with Crippen LogP contribution in [-0.4, -0.2) is 39.4 Å². The number of nitrogens with zero attached hydrogens (tertiary/aromatic N) is 1. The predicted molar refractivity (Wildman–Crippen MR) is 93.7 cm³/mol. The Morgan fingerprint density at radius 3 is 2.42 bits per heavy atom. The zero-order valence-corrected chi connectivity index (χ0v) is 15.5. The van der Waals surface area contributed by atoms with Crippen molar-refractivity contribution >= 4 is 16.0 Å². The number of ether oxygens (including phenoxy) is 2. The van der Waals surface area contributed by atoms with Crippen molar-refractivity contribution in [3.63, 3.8) is 0 Å². The molecule has 0 radical (unpaired) electrons. The maximum Gasteiger partial charge on any atom is 0.321 e. The summed E-state index contributed by atoms with van der Waals surface area (Å²) in [5.41, 5.74) is 1.66. The summed E-state index contributed by atoms with van der Waals surface area (Å²) in [6.45, 7) is 1.40. The molecule has 8 heteroatoms. The number of sulfonamides is 1. The molecule has 0 spiro atoms. The summed E-state index contributed by atoms with van der Waals surface area (Å²) in [6, 6.07) is 9.84. The number of hydrogen-bond donors (Lipinski definition) is 0. The number of benzene rings is 2. The fraction of sp³-hybridized carbons (Fsp3) is 0.278. The average Bonchev–Trinajstić information content (AvgIpc) is 2.60. The lowest BCUT2D eigenvalue weighted by molar-refractivity contribution is -0.144. The van der Waals surface area contributed by atoms with Gasteiger partial charge in [-0.3, -0.25) is 4.79 Å². The number of hydrogen-bond acceptors (Lipinski definition) is 5. The van der Waals surface area contributed by atoms with Gasteiger partial charge in [0.25, 0.3) is 0 Å². The van der Waals surface area contributed by atoms with Crippen molar-refractivity contribution in [3.05, 3.63) is 59.4 Å². The monoisotopic (exact) mass is 381 g/mol. The van der Waals surface area contributed by atoms with E-state index in [9.17, 15) is 17.6 Å². The fourth-order valence-electron chi connectivity index (χ4n) is 2.28. The molecule has 0 aromatic heterocycles. The van der Waals surface area contributed by atoms with Gasteiger partial charge in [0.15, 0.2) is 0 Å². The third-order valence-corrected chi connectivity index (χ3v) is 5.52. The Hall–Kier alpha value is -2.45. The molecular formula is C18H20FNO5S. The quantitative estimate of drug-likeness (QED) is 0.689. The van der Waals surface area contributed by atoms with Crippen LogP contribution in [0.15, 0.2) is 47.4 Å². The first kappa shape index (κ1) is 19.9. The molecule has 0 saturated carbocycles. The Balaban J connectivity index is 2.01. The highest BCUT2D eigenvalue weighted by Gasteiger charge is 2.23. The van der Waals surface area contributed by atoms with Gasteiger partial charge < -0.3 is 9.47 Å². The highest BCUT2D eigenvalue weighted by Crippen LogP contribution is 2.21. The van der Waals surface area contributed by atoms with E-state index in [0.717, 1.165) is 34.1 Å². The highest BCUT2D eigenvalue weighted by atomic mass is 32.2. The van der Waals surface area contributed by atoms with Crippen LogP contribution in [0.5, 0.6) is 5.75 Å². The predicted octanol–water partition coefficient (Wildman–Crippen LogP) is 2.51. The first-order valence-electron chi connectivity index (χ1n) is 7.75. The standard InChI is InChI=1S/C18H20FNO5S/c1-13-4-9-17(24-3)14(10-13)12-25-18(21)11-20(2)26(22,23)16-7-5-15(19)6-8-16/h4-10H,11-12H2,1-3H3. The smallest absolute Gasteiger partial charge is 0.321 e. The Morgan fingerprint density at radius 1 is 1.15 bits per heavy atom. The van der Waals surface area contributed by atoms with Gasteiger partial charge in [-0.15, -0.1) is 0 Å². The van der Waals surface area contributed by atoms with Gasteiger partial charge in [-0.25, -0.2) is 12.8 Å². The molecule has 2 aromatic carbocycles. The van der Waals surface area contributed by atoms with Crippen molar-refractivity contribution in [2.45, 2.75) is 18.4 Å². The molecule has 0 aliphatic heterocycles. The van der Waals surface area contributed by atoms with E-state index < -0.39 is 28.4 Å². The first-order chi connectivity index (χ1) is 12.2. The molecule has 0 N–H and O–H groups in total. The molecule has 0 amide bonds. The van der Waals surface area contributed by atoms with Gasteiger partial charge in [0.2, 0.25) is 10.0 Å². The number of rotatable bonds is 7. The van der Waals surface area contributed by atoms with E-state index in [-0.39, 0.29) is 11.5 Å². The summed E-state index contributed by atoms with van der Waals surface area (Å²) in [5.74, 6) is -0.671. The van der Waals surface area contributed by atoms with Crippen LogP contribution in [0.2, 0.25) is 0 Å². The molecule has 2 rings (SSSR count). The number of carbonyl (C=O) groups excluding carboxylic acids is 1. The average molecular weight is 381 g/mol. The molecule has 0 bridgehead atoms. The molecule has 26 heavy (non-hydrogen) atoms. The Labute approximate surface area is 152 Å². The van der Waals surface area contributed by atoms with Crippen LogP contribution in [0.25, 0.3) is 0 Å². The maximum absolute atomic E-state index is 12.9. The fourth-order valence-corrected chi connectivity index (χ4v) is 3.39. The summed E-state index contributed by atoms with van der Waals surface area (Å²) in [6.07, 6.45) is 0. The third-order valence-electron chi connectivity index (χ3n) is 3.70. The molecule has 0 aliphatic rings. The van der Waals surface area contributed by atoms with Crippen LogP contribution in [0, 0.1) is 12.7 Å². The van der Waals surface area contributed by atoms with Gasteiger partial charge in [-0.1, -0.05) is 11.6 Å². The van der Waals surface area contributed by atoms with Crippen molar-refractivity contribution in [2.75, 3.05) is 20.7 Å². The zero-order chi connectivity index (χ0) is 19.3. The number of esters is 1. The first-order valence-corrected chi connectivity index (χ1v) is 9.19. The Bertz CT molecular complexity index is 881. The second-order valence-electron chi connectivity index (χ2n) is 5.69. The largest absolute Gasteiger partial charge is 0.496 e. The normalized spacial score (nSPS) is 11.4. The summed E-state index contributed by atoms with van der Waals surface area (Å²) in [5, 5.41) is 0. The molecular weight excluding hydrogens is 361 g/mol. The number of carbonyl (C=O) groups is 1. The SMILES string of the molecule is COc1ccc(C)cc1COC(=O)CN(C)S(=O)(=O)c1ccc(F)cc1. The zero-order valence-electron chi connectivity index (χ0n) is 14.7. The second-order valence-corrected chi connectivity index (χ2v) is 7.74. The van der Waals surface area contributed by atoms with Gasteiger partial charge in [-0.05, 0) is 43.3 Å². The molecule has 140 valence electrons. The number of methoxy groups -OCH3 is 1. The minimum absolute atomic E-state index is 0.0336. The van der Waals surface area contributed by atoms with E-state index in [2.05, 4.69) is 0 Å². The lowest BCUT2D eigenvalue weighted by Gasteiger charge is -2.17. The Kier molecular flexibility index (Phi) is 6.33. The van der Waals surface area contributed by atoms with E-state index in [1.54, 1.807) is 6.07 Å². The van der Waals surface area contributed by atoms with Crippen LogP contribution in [0.3, 0.4) is 0 Å². The molecule has 6 nitrogen and oxygen atoms in total. The van der Waals surface area contributed by atoms with Crippen molar-refractivity contribution in [2.24, 2.45) is 0 Å². The van der Waals surface area contributed by atoms with Crippen LogP contribution in [0.1, 0.15) is 11.1 Å². The van der Waals surface area contributed by atoms with Crippen molar-refractivity contribution in [1.29, 1.82) is 0 Å². The van der Waals surface area contributed by atoms with E-state index in [4.69, 9.17) is 9.47 Å². The molecule has 0 saturated heterocycles. The van der Waals surface area contributed by atoms with E-state index in [0.29, 0.717) is 11.3 Å². The molecule has 0 heterocycles. The summed E-state index contributed by atoms with van der Waals surface area (Å²) >= 11 is 0. The van der Waals surface area contributed by atoms with Gasteiger partial charge in [0.05, 0.1) is 12.0 Å². The number of halogens is 1. The van der Waals surface area contributed by atoms with Gasteiger partial charge in [0, 0.05) is 12.6 Å². The van der Waals surface area contributed by atoms with Crippen molar-refractivity contribution in [1.82, 2.24) is 4.31 Å². The van der Waals surface area contributed by atoms with Crippen LogP contribution >= 0.6 is 0 Å². The number of aryl methyl sites for hydroxylation is 1. The summed E-state index contributed by atoms with van der Waals surface area (Å²) in [4.78, 5) is 11.9. The third kappa shape index (κ3) is 4.80. The molecule has 0 aliphatic carbocycles. The molecule has 2 aromatic rings. The molecule has 0 fully saturated rings. The lowest BCUT2D eigenvalue weighted by atomic mass is 10.1. The summed E-state index contributed by atoms with van der Waals surface area (Å²) < 4.78 is 48.9. The van der Waals surface area contributed by atoms with Crippen LogP contribution < -0.4 is 4.74 Å². The van der Waals surface area contributed by atoms with Gasteiger partial charge in [-0.2, -0.15) is 4.31 Å². The highest BCUT2D eigenvalue weighted by molar-refractivity contribution is 7.89. The maximum atomic E-state index is 12.9. The summed E-state index contributed by atoms with van der Waals surface area (Å²) in [7, 11) is -1.14. The molecule has 0 unspecified atom stereocenters. The Morgan fingerprint density at radius 2 is 1.81 bits per heavy atom. The van der Waals surface area contributed by atoms with Gasteiger partial charge in [0.1, 0.15) is 24.7 Å². The van der Waals surface area contributed by atoms with Crippen molar-refractivity contribution in [3.8, 4) is 5.75 Å². The van der Waals surface area contributed by atoms with Gasteiger partial charge >= 0.3 is 5.97 Å². The van der Waals surface area contributed by atoms with Crippen LogP contribution in [-0.2, 0) is 26.2 Å². The van der Waals surface area contributed by atoms with E-state index in [1.807, 2.05) is 19.1 Å². The van der Waals surface area contributed by atoms with E-state index in [1.165, 1.54) is 14.2 Å². The number of likely N-dealkylation sites (N-methyl/N-ethyl adjacent to an activating group) is 1. The van der Waals surface area contributed by atoms with Crippen molar-refractivity contribution < 1.29 is 27.1 Å². The van der Waals surface area contributed by atoms with Crippen LogP contribution in [0.4, 0.5) is 4.39 Å². The van der Waals surface area contributed by atoms with E-state index >= 15 is 0 Å². The minimum atomic E-state index is -3.91.